The van der Waals surface area contributed by atoms with Crippen molar-refractivity contribution in [3.05, 3.63) is 54.0 Å². The molecule has 3 nitrogen and oxygen atoms in total. The van der Waals surface area contributed by atoms with Crippen LogP contribution >= 0.6 is 0 Å². The molecule has 2 aromatic heterocycles. The van der Waals surface area contributed by atoms with Gasteiger partial charge in [-0.05, 0) is 31.2 Å². The predicted molar refractivity (Wildman–Crippen MR) is 60.4 cm³/mol. The monoisotopic (exact) mass is 235 g/mol. The van der Waals surface area contributed by atoms with Gasteiger partial charge in [0.2, 0.25) is 5.95 Å². The van der Waals surface area contributed by atoms with Crippen LogP contribution in [-0.4, -0.2) is 9.97 Å². The van der Waals surface area contributed by atoms with Gasteiger partial charge in [0.25, 0.3) is 0 Å². The lowest BCUT2D eigenvalue weighted by molar-refractivity contribution is 0.584. The van der Waals surface area contributed by atoms with Crippen molar-refractivity contribution < 1.29 is 8.78 Å². The highest BCUT2D eigenvalue weighted by Crippen LogP contribution is 2.15. The number of nitrogens with one attached hydrogen (secondary N) is 1. The predicted octanol–water partition coefficient (Wildman–Crippen LogP) is 2.93. The lowest BCUT2D eigenvalue weighted by Crippen LogP contribution is -2.09. The van der Waals surface area contributed by atoms with E-state index in [1.807, 2.05) is 6.92 Å². The molecule has 0 aliphatic rings. The highest BCUT2D eigenvalue weighted by Gasteiger charge is 2.07. The molecular formula is C12H11F2N3. The van der Waals surface area contributed by atoms with Crippen molar-refractivity contribution in [1.29, 1.82) is 0 Å². The van der Waals surface area contributed by atoms with Gasteiger partial charge in [0, 0.05) is 0 Å². The number of hydrogen-bond donors (Lipinski definition) is 1. The van der Waals surface area contributed by atoms with Gasteiger partial charge in [0.1, 0.15) is 11.6 Å². The Morgan fingerprint density at radius 1 is 1.18 bits per heavy atom. The van der Waals surface area contributed by atoms with E-state index in [0.717, 1.165) is 6.20 Å². The lowest BCUT2D eigenvalue weighted by atomic mass is 10.2. The number of pyridine rings is 2. The second-order valence-electron chi connectivity index (χ2n) is 3.61. The van der Waals surface area contributed by atoms with Crippen LogP contribution < -0.4 is 5.32 Å². The highest BCUT2D eigenvalue weighted by molar-refractivity contribution is 5.36. The fraction of sp³-hybridized carbons (Fsp3) is 0.167. The first kappa shape index (κ1) is 11.4. The minimum Gasteiger partial charge on any atom is -0.362 e. The van der Waals surface area contributed by atoms with Gasteiger partial charge in [-0.2, -0.15) is 4.39 Å². The van der Waals surface area contributed by atoms with E-state index in [2.05, 4.69) is 15.3 Å². The fourth-order valence-electron chi connectivity index (χ4n) is 1.43. The summed E-state index contributed by atoms with van der Waals surface area (Å²) < 4.78 is 25.5. The maximum absolute atomic E-state index is 12.9. The van der Waals surface area contributed by atoms with E-state index in [1.165, 1.54) is 12.1 Å². The van der Waals surface area contributed by atoms with E-state index in [0.29, 0.717) is 11.5 Å². The molecule has 88 valence electrons. The molecule has 2 rings (SSSR count). The average molecular weight is 235 g/mol. The zero-order chi connectivity index (χ0) is 12.3. The van der Waals surface area contributed by atoms with Crippen LogP contribution in [0.1, 0.15) is 18.7 Å². The fourth-order valence-corrected chi connectivity index (χ4v) is 1.43. The Hall–Kier alpha value is -2.04. The Morgan fingerprint density at radius 2 is 2.00 bits per heavy atom. The first-order valence-corrected chi connectivity index (χ1v) is 5.16. The third-order valence-corrected chi connectivity index (χ3v) is 2.27. The summed E-state index contributed by atoms with van der Waals surface area (Å²) >= 11 is 0. The molecule has 1 atom stereocenters. The third-order valence-electron chi connectivity index (χ3n) is 2.27. The van der Waals surface area contributed by atoms with E-state index in [-0.39, 0.29) is 11.9 Å². The van der Waals surface area contributed by atoms with E-state index in [1.54, 1.807) is 18.2 Å². The zero-order valence-electron chi connectivity index (χ0n) is 9.19. The van der Waals surface area contributed by atoms with Crippen molar-refractivity contribution in [3.8, 4) is 0 Å². The van der Waals surface area contributed by atoms with Crippen molar-refractivity contribution in [1.82, 2.24) is 9.97 Å². The van der Waals surface area contributed by atoms with Crippen molar-refractivity contribution in [3.63, 3.8) is 0 Å². The molecule has 0 amide bonds. The second kappa shape index (κ2) is 4.86. The summed E-state index contributed by atoms with van der Waals surface area (Å²) in [6.45, 7) is 1.84. The molecule has 0 saturated heterocycles. The Morgan fingerprint density at radius 3 is 2.65 bits per heavy atom. The van der Waals surface area contributed by atoms with E-state index in [4.69, 9.17) is 0 Å². The van der Waals surface area contributed by atoms with Gasteiger partial charge < -0.3 is 5.32 Å². The average Bonchev–Trinajstić information content (AvgIpc) is 2.29. The van der Waals surface area contributed by atoms with E-state index in [9.17, 15) is 8.78 Å². The molecule has 0 aliphatic carbocycles. The van der Waals surface area contributed by atoms with Crippen LogP contribution in [0, 0.1) is 11.8 Å². The topological polar surface area (TPSA) is 37.8 Å². The largest absolute Gasteiger partial charge is 0.362 e. The summed E-state index contributed by atoms with van der Waals surface area (Å²) in [5.74, 6) is -0.511. The molecule has 0 aliphatic heterocycles. The first-order chi connectivity index (χ1) is 8.15. The molecule has 1 N–H and O–H groups in total. The van der Waals surface area contributed by atoms with Gasteiger partial charge in [-0.15, -0.1) is 0 Å². The Balaban J connectivity index is 2.11. The molecule has 0 bridgehead atoms. The van der Waals surface area contributed by atoms with E-state index < -0.39 is 5.95 Å². The molecular weight excluding hydrogens is 224 g/mol. The molecule has 0 saturated carbocycles. The number of hydrogen-bond acceptors (Lipinski definition) is 3. The van der Waals surface area contributed by atoms with Crippen molar-refractivity contribution in [2.24, 2.45) is 0 Å². The van der Waals surface area contributed by atoms with Gasteiger partial charge in [-0.25, -0.2) is 9.37 Å². The van der Waals surface area contributed by atoms with Crippen LogP contribution in [0.5, 0.6) is 0 Å². The smallest absolute Gasteiger partial charge is 0.214 e. The number of anilines is 1. The Labute approximate surface area is 97.5 Å². The summed E-state index contributed by atoms with van der Waals surface area (Å²) in [7, 11) is 0. The number of halogens is 2. The van der Waals surface area contributed by atoms with Crippen LogP contribution in [0.2, 0.25) is 0 Å². The van der Waals surface area contributed by atoms with Gasteiger partial charge in [0.05, 0.1) is 17.9 Å². The first-order valence-electron chi connectivity index (χ1n) is 5.16. The summed E-state index contributed by atoms with van der Waals surface area (Å²) in [5.41, 5.74) is 0.664. The van der Waals surface area contributed by atoms with Gasteiger partial charge in [-0.3, -0.25) is 4.98 Å². The van der Waals surface area contributed by atoms with Crippen molar-refractivity contribution >= 4 is 5.82 Å². The Kier molecular flexibility index (Phi) is 3.27. The van der Waals surface area contributed by atoms with Crippen molar-refractivity contribution in [2.45, 2.75) is 13.0 Å². The van der Waals surface area contributed by atoms with Crippen LogP contribution in [0.25, 0.3) is 0 Å². The van der Waals surface area contributed by atoms with Gasteiger partial charge in [-0.1, -0.05) is 6.07 Å². The molecule has 0 fully saturated rings. The van der Waals surface area contributed by atoms with Crippen LogP contribution in [-0.2, 0) is 0 Å². The highest BCUT2D eigenvalue weighted by atomic mass is 19.1. The molecule has 17 heavy (non-hydrogen) atoms. The van der Waals surface area contributed by atoms with E-state index >= 15 is 0 Å². The molecule has 0 aromatic carbocycles. The summed E-state index contributed by atoms with van der Waals surface area (Å²) in [6, 6.07) is 7.22. The van der Waals surface area contributed by atoms with Crippen LogP contribution in [0.3, 0.4) is 0 Å². The molecule has 2 aromatic rings. The van der Waals surface area contributed by atoms with Crippen molar-refractivity contribution in [2.75, 3.05) is 5.32 Å². The quantitative estimate of drug-likeness (QED) is 0.831. The molecule has 0 radical (unpaired) electrons. The SMILES string of the molecule is CC(Nc1cccc(F)n1)c1ccc(F)cn1. The molecule has 5 heteroatoms. The number of rotatable bonds is 3. The Bertz CT molecular complexity index is 499. The van der Waals surface area contributed by atoms with Gasteiger partial charge >= 0.3 is 0 Å². The summed E-state index contributed by atoms with van der Waals surface area (Å²) in [6.07, 6.45) is 1.15. The number of nitrogens with zero attached hydrogens (tertiary/aromatic N) is 2. The zero-order valence-corrected chi connectivity index (χ0v) is 9.19. The second-order valence-corrected chi connectivity index (χ2v) is 3.61. The minimum absolute atomic E-state index is 0.176. The summed E-state index contributed by atoms with van der Waals surface area (Å²) in [5, 5.41) is 2.98. The third kappa shape index (κ3) is 2.96. The van der Waals surface area contributed by atoms with Crippen LogP contribution in [0.4, 0.5) is 14.6 Å². The maximum Gasteiger partial charge on any atom is 0.214 e. The molecule has 0 spiro atoms. The normalized spacial score (nSPS) is 12.2. The van der Waals surface area contributed by atoms with Crippen LogP contribution in [0.15, 0.2) is 36.5 Å². The standard InChI is InChI=1S/C12H11F2N3/c1-8(10-6-5-9(13)7-15-10)16-12-4-2-3-11(14)17-12/h2-8H,1H3,(H,16,17). The van der Waals surface area contributed by atoms with Gasteiger partial charge in [0.15, 0.2) is 0 Å². The minimum atomic E-state index is -0.547. The number of aromatic nitrogens is 2. The maximum atomic E-state index is 12.9. The lowest BCUT2D eigenvalue weighted by Gasteiger charge is -2.13. The molecule has 2 heterocycles. The molecule has 1 unspecified atom stereocenters. The summed E-state index contributed by atoms with van der Waals surface area (Å²) in [4.78, 5) is 7.61.